The van der Waals surface area contributed by atoms with Crippen LogP contribution in [0, 0.1) is 22.7 Å². The summed E-state index contributed by atoms with van der Waals surface area (Å²) >= 11 is 0. The van der Waals surface area contributed by atoms with E-state index in [1.807, 2.05) is 41.5 Å². The normalized spacial score (nSPS) is 22.3. The van der Waals surface area contributed by atoms with Gasteiger partial charge in [-0.05, 0) is 75.5 Å². The molecule has 1 saturated heterocycles. The smallest absolute Gasteiger partial charge is 0.315 e. The highest BCUT2D eigenvalue weighted by Crippen LogP contribution is 2.40. The van der Waals surface area contributed by atoms with Crippen LogP contribution in [0.1, 0.15) is 127 Å². The van der Waals surface area contributed by atoms with Crippen molar-refractivity contribution in [1.29, 1.82) is 0 Å². The Kier molecular flexibility index (Phi) is 13.6. The number of hydrogen-bond donors (Lipinski definition) is 4. The average Bonchev–Trinajstić information content (AvgIpc) is 3.69. The van der Waals surface area contributed by atoms with Crippen LogP contribution in [0.2, 0.25) is 0 Å². The molecule has 0 spiro atoms. The number of amides is 5. The van der Waals surface area contributed by atoms with Crippen LogP contribution in [-0.4, -0.2) is 90.1 Å². The Morgan fingerprint density at radius 2 is 1.51 bits per heavy atom. The lowest BCUT2D eigenvalue weighted by Crippen LogP contribution is -2.64. The molecule has 13 heteroatoms. The van der Waals surface area contributed by atoms with Gasteiger partial charge in [-0.3, -0.25) is 19.2 Å². The van der Waals surface area contributed by atoms with Gasteiger partial charge in [0.05, 0.1) is 22.1 Å². The minimum absolute atomic E-state index is 0.195. The second kappa shape index (κ2) is 16.4. The molecule has 1 heterocycles. The highest BCUT2D eigenvalue weighted by Gasteiger charge is 2.51. The van der Waals surface area contributed by atoms with Crippen molar-refractivity contribution in [2.45, 2.75) is 155 Å². The molecule has 3 aliphatic rings. The van der Waals surface area contributed by atoms with Gasteiger partial charge in [0.2, 0.25) is 17.6 Å². The van der Waals surface area contributed by atoms with Gasteiger partial charge in [-0.15, -0.1) is 6.58 Å². The summed E-state index contributed by atoms with van der Waals surface area (Å²) in [5.74, 6) is -2.62. The molecule has 3 fully saturated rings. The standard InChI is InChI=1S/C38H65N5O7S/c1-11-12-21-39-32(46)29(44)27(23-25-16-17-25)40-31(45)28-26(35(2,3)4)18-22-43(28)33(47)30(36(5,6)7)41-34(48)42-38(19-14-13-15-20-38)24-51(49,50)37(8,9)10/h11,25-28,30H,1,12-24H2,2-10H3,(H,39,46)(H,40,45)(H2,41,42,48)/t26?,27?,28-,30+/m0/s1. The van der Waals surface area contributed by atoms with Crippen molar-refractivity contribution in [3.63, 3.8) is 0 Å². The summed E-state index contributed by atoms with van der Waals surface area (Å²) in [6.07, 6.45) is 8.39. The summed E-state index contributed by atoms with van der Waals surface area (Å²) in [6, 6.07) is -3.64. The lowest BCUT2D eigenvalue weighted by Gasteiger charge is -2.41. The van der Waals surface area contributed by atoms with Crippen molar-refractivity contribution in [1.82, 2.24) is 26.2 Å². The number of ketones is 1. The summed E-state index contributed by atoms with van der Waals surface area (Å²) in [7, 11) is -3.57. The van der Waals surface area contributed by atoms with E-state index in [0.717, 1.165) is 32.1 Å². The third kappa shape index (κ3) is 11.3. The van der Waals surface area contributed by atoms with E-state index in [9.17, 15) is 32.4 Å². The molecule has 2 unspecified atom stereocenters. The third-order valence-corrected chi connectivity index (χ3v) is 13.6. The molecule has 4 N–H and O–H groups in total. The predicted molar refractivity (Wildman–Crippen MR) is 199 cm³/mol. The SMILES string of the molecule is C=CCCNC(=O)C(=O)C(CC1CC1)NC(=O)[C@@H]1C(C(C)(C)C)CCN1C(=O)[C@@H](NC(=O)NC1(CS(=O)(=O)C(C)(C)C)CCCCC1)C(C)(C)C. The fraction of sp³-hybridized carbons (Fsp3) is 0.816. The van der Waals surface area contributed by atoms with Crippen LogP contribution in [0.15, 0.2) is 12.7 Å². The van der Waals surface area contributed by atoms with Crippen LogP contribution in [0.5, 0.6) is 0 Å². The first-order valence-electron chi connectivity index (χ1n) is 18.8. The molecule has 290 valence electrons. The summed E-state index contributed by atoms with van der Waals surface area (Å²) in [5, 5.41) is 11.4. The van der Waals surface area contributed by atoms with E-state index in [1.54, 1.807) is 26.8 Å². The Balaban J connectivity index is 1.88. The predicted octanol–water partition coefficient (Wildman–Crippen LogP) is 4.43. The van der Waals surface area contributed by atoms with E-state index in [2.05, 4.69) is 27.8 Å². The Bertz CT molecular complexity index is 1410. The molecule has 3 rings (SSSR count). The maximum Gasteiger partial charge on any atom is 0.315 e. The molecule has 12 nitrogen and oxygen atoms in total. The number of nitrogens with one attached hydrogen (secondary N) is 4. The van der Waals surface area contributed by atoms with Gasteiger partial charge in [-0.1, -0.05) is 79.7 Å². The number of urea groups is 1. The van der Waals surface area contributed by atoms with Gasteiger partial charge >= 0.3 is 6.03 Å². The Hall–Kier alpha value is -2.96. The molecule has 4 atom stereocenters. The van der Waals surface area contributed by atoms with Crippen molar-refractivity contribution in [2.75, 3.05) is 18.8 Å². The Labute approximate surface area is 306 Å². The fourth-order valence-corrected chi connectivity index (χ4v) is 8.84. The highest BCUT2D eigenvalue weighted by atomic mass is 32.2. The topological polar surface area (TPSA) is 171 Å². The number of likely N-dealkylation sites (tertiary alicyclic amines) is 1. The number of hydrogen-bond acceptors (Lipinski definition) is 7. The largest absolute Gasteiger partial charge is 0.349 e. The molecule has 5 amide bonds. The van der Waals surface area contributed by atoms with Crippen molar-refractivity contribution >= 4 is 39.4 Å². The van der Waals surface area contributed by atoms with Crippen molar-refractivity contribution in [3.05, 3.63) is 12.7 Å². The van der Waals surface area contributed by atoms with Crippen molar-refractivity contribution in [3.8, 4) is 0 Å². The molecule has 0 aromatic rings. The first-order valence-corrected chi connectivity index (χ1v) is 20.4. The van der Waals surface area contributed by atoms with Crippen LogP contribution in [0.3, 0.4) is 0 Å². The third-order valence-electron chi connectivity index (χ3n) is 10.8. The second-order valence-electron chi connectivity index (χ2n) is 18.3. The van der Waals surface area contributed by atoms with Gasteiger partial charge in [-0.2, -0.15) is 0 Å². The molecule has 2 saturated carbocycles. The molecular weight excluding hydrogens is 671 g/mol. The molecule has 51 heavy (non-hydrogen) atoms. The van der Waals surface area contributed by atoms with E-state index < -0.39 is 73.2 Å². The van der Waals surface area contributed by atoms with E-state index in [4.69, 9.17) is 0 Å². The van der Waals surface area contributed by atoms with E-state index in [1.165, 1.54) is 4.90 Å². The lowest BCUT2D eigenvalue weighted by atomic mass is 9.75. The lowest BCUT2D eigenvalue weighted by molar-refractivity contribution is -0.145. The fourth-order valence-electron chi connectivity index (χ4n) is 7.32. The molecule has 1 aliphatic heterocycles. The Morgan fingerprint density at radius 1 is 0.902 bits per heavy atom. The summed E-state index contributed by atoms with van der Waals surface area (Å²) < 4.78 is 25.7. The number of carbonyl (C=O) groups is 5. The van der Waals surface area contributed by atoms with Crippen LogP contribution >= 0.6 is 0 Å². The summed E-state index contributed by atoms with van der Waals surface area (Å²) in [6.45, 7) is 20.7. The van der Waals surface area contributed by atoms with Gasteiger partial charge in [0.25, 0.3) is 5.91 Å². The first-order chi connectivity index (χ1) is 23.4. The van der Waals surface area contributed by atoms with Gasteiger partial charge < -0.3 is 26.2 Å². The monoisotopic (exact) mass is 735 g/mol. The Morgan fingerprint density at radius 3 is 2.02 bits per heavy atom. The minimum Gasteiger partial charge on any atom is -0.349 e. The molecule has 0 radical (unpaired) electrons. The number of sulfone groups is 1. The van der Waals surface area contributed by atoms with Gasteiger partial charge in [0.15, 0.2) is 9.84 Å². The number of Topliss-reactive ketones (excluding diaryl/α,β-unsaturated/α-hetero) is 1. The quantitative estimate of drug-likeness (QED) is 0.116. The zero-order valence-corrected chi connectivity index (χ0v) is 33.4. The van der Waals surface area contributed by atoms with Crippen molar-refractivity contribution < 1.29 is 32.4 Å². The van der Waals surface area contributed by atoms with Crippen LogP contribution in [0.4, 0.5) is 4.79 Å². The molecule has 2 aliphatic carbocycles. The van der Waals surface area contributed by atoms with E-state index in [0.29, 0.717) is 32.1 Å². The first kappa shape index (κ1) is 42.5. The van der Waals surface area contributed by atoms with Crippen LogP contribution < -0.4 is 21.3 Å². The van der Waals surface area contributed by atoms with E-state index >= 15 is 0 Å². The molecule has 0 aromatic carbocycles. The van der Waals surface area contributed by atoms with Gasteiger partial charge in [0, 0.05) is 13.1 Å². The number of nitrogens with zero attached hydrogens (tertiary/aromatic N) is 1. The maximum atomic E-state index is 14.6. The zero-order chi connectivity index (χ0) is 38.6. The minimum atomic E-state index is -3.57. The second-order valence-corrected chi connectivity index (χ2v) is 21.0. The number of carbonyl (C=O) groups excluding carboxylic acids is 5. The maximum absolute atomic E-state index is 14.6. The average molecular weight is 736 g/mol. The summed E-state index contributed by atoms with van der Waals surface area (Å²) in [5.41, 5.74) is -2.13. The molecule has 0 aromatic heterocycles. The number of rotatable bonds is 14. The van der Waals surface area contributed by atoms with Gasteiger partial charge in [0.1, 0.15) is 12.1 Å². The zero-order valence-electron chi connectivity index (χ0n) is 32.6. The molecule has 0 bridgehead atoms. The summed E-state index contributed by atoms with van der Waals surface area (Å²) in [4.78, 5) is 70.2. The molecular formula is C38H65N5O7S. The van der Waals surface area contributed by atoms with Gasteiger partial charge in [-0.25, -0.2) is 13.2 Å². The van der Waals surface area contributed by atoms with Crippen LogP contribution in [-0.2, 0) is 29.0 Å². The van der Waals surface area contributed by atoms with Crippen molar-refractivity contribution in [2.24, 2.45) is 22.7 Å². The van der Waals surface area contributed by atoms with E-state index in [-0.39, 0.29) is 36.1 Å². The highest BCUT2D eigenvalue weighted by molar-refractivity contribution is 7.92. The van der Waals surface area contributed by atoms with Crippen LogP contribution in [0.25, 0.3) is 0 Å².